The number of benzene rings is 2. The van der Waals surface area contributed by atoms with Crippen LogP contribution >= 0.6 is 11.3 Å². The fraction of sp³-hybridized carbons (Fsp3) is 0.290. The molecule has 0 aliphatic carbocycles. The molecule has 0 amide bonds. The first-order valence-corrected chi connectivity index (χ1v) is 14.7. The Labute approximate surface area is 251 Å². The van der Waals surface area contributed by atoms with Crippen LogP contribution in [0.25, 0.3) is 11.0 Å². The predicted octanol–water partition coefficient (Wildman–Crippen LogP) is 5.09. The van der Waals surface area contributed by atoms with E-state index in [9.17, 15) is 9.18 Å². The number of rotatable bonds is 9. The summed E-state index contributed by atoms with van der Waals surface area (Å²) in [6.07, 6.45) is 5.27. The van der Waals surface area contributed by atoms with Gasteiger partial charge in [0.15, 0.2) is 0 Å². The lowest BCUT2D eigenvalue weighted by atomic mass is 9.96. The SMILES string of the molecule is COC(=O)c1ccc2nc(CN3CCC(c4nccc(OCc5ccc(C#N)cc5F)n4)CC3)n(Cc3cncs3)c2c1. The van der Waals surface area contributed by atoms with Gasteiger partial charge in [-0.15, -0.1) is 11.3 Å². The zero-order valence-corrected chi connectivity index (χ0v) is 24.3. The van der Waals surface area contributed by atoms with Crippen molar-refractivity contribution >= 4 is 28.3 Å². The third-order valence-corrected chi connectivity index (χ3v) is 8.33. The number of ether oxygens (including phenoxy) is 2. The molecule has 0 bridgehead atoms. The van der Waals surface area contributed by atoms with E-state index in [1.165, 1.54) is 13.2 Å². The molecule has 4 heterocycles. The molecule has 5 aromatic rings. The van der Waals surface area contributed by atoms with Crippen molar-refractivity contribution in [3.8, 4) is 11.9 Å². The molecule has 10 nitrogen and oxygen atoms in total. The van der Waals surface area contributed by atoms with Gasteiger partial charge in [0.25, 0.3) is 0 Å². The van der Waals surface area contributed by atoms with E-state index in [0.717, 1.165) is 47.7 Å². The van der Waals surface area contributed by atoms with E-state index >= 15 is 0 Å². The maximum atomic E-state index is 14.3. The normalized spacial score (nSPS) is 14.1. The Morgan fingerprint density at radius 1 is 1.14 bits per heavy atom. The second-order valence-corrected chi connectivity index (χ2v) is 11.3. The molecule has 0 atom stereocenters. The van der Waals surface area contributed by atoms with Gasteiger partial charge in [0, 0.05) is 34.8 Å². The molecule has 0 unspecified atom stereocenters. The van der Waals surface area contributed by atoms with Gasteiger partial charge in [0.05, 0.1) is 53.9 Å². The van der Waals surface area contributed by atoms with Crippen LogP contribution in [0.1, 0.15) is 56.8 Å². The lowest BCUT2D eigenvalue weighted by Gasteiger charge is -2.31. The minimum absolute atomic E-state index is 0.0100. The van der Waals surface area contributed by atoms with Crippen molar-refractivity contribution in [1.29, 1.82) is 5.26 Å². The Hall–Kier alpha value is -4.73. The summed E-state index contributed by atoms with van der Waals surface area (Å²) >= 11 is 1.58. The van der Waals surface area contributed by atoms with Gasteiger partial charge in [-0.2, -0.15) is 10.2 Å². The highest BCUT2D eigenvalue weighted by Gasteiger charge is 2.25. The van der Waals surface area contributed by atoms with Gasteiger partial charge in [-0.1, -0.05) is 6.07 Å². The lowest BCUT2D eigenvalue weighted by molar-refractivity contribution is 0.0601. The van der Waals surface area contributed by atoms with Gasteiger partial charge >= 0.3 is 5.97 Å². The summed E-state index contributed by atoms with van der Waals surface area (Å²) in [5, 5.41) is 8.94. The van der Waals surface area contributed by atoms with E-state index in [4.69, 9.17) is 19.7 Å². The number of halogens is 1. The van der Waals surface area contributed by atoms with Gasteiger partial charge in [-0.25, -0.2) is 19.2 Å². The average Bonchev–Trinajstić information content (AvgIpc) is 3.68. The van der Waals surface area contributed by atoms with Crippen molar-refractivity contribution in [3.63, 3.8) is 0 Å². The van der Waals surface area contributed by atoms with Gasteiger partial charge < -0.3 is 14.0 Å². The first-order chi connectivity index (χ1) is 21.0. The van der Waals surface area contributed by atoms with Crippen molar-refractivity contribution in [2.75, 3.05) is 20.2 Å². The van der Waals surface area contributed by atoms with E-state index in [-0.39, 0.29) is 24.1 Å². The van der Waals surface area contributed by atoms with Gasteiger partial charge in [-0.3, -0.25) is 9.88 Å². The number of hydrogen-bond acceptors (Lipinski definition) is 10. The number of piperidine rings is 1. The highest BCUT2D eigenvalue weighted by atomic mass is 32.1. The monoisotopic (exact) mass is 597 g/mol. The number of nitrogens with zero attached hydrogens (tertiary/aromatic N) is 7. The quantitative estimate of drug-likeness (QED) is 0.214. The molecule has 43 heavy (non-hydrogen) atoms. The molecular weight excluding hydrogens is 569 g/mol. The number of likely N-dealkylation sites (tertiary alicyclic amines) is 1. The summed E-state index contributed by atoms with van der Waals surface area (Å²) in [5.74, 6) is 1.33. The van der Waals surface area contributed by atoms with Crippen LogP contribution in [0, 0.1) is 17.1 Å². The molecule has 1 saturated heterocycles. The van der Waals surface area contributed by atoms with Crippen LogP contribution < -0.4 is 4.74 Å². The van der Waals surface area contributed by atoms with Crippen LogP contribution in [0.2, 0.25) is 0 Å². The van der Waals surface area contributed by atoms with Crippen molar-refractivity contribution in [2.24, 2.45) is 0 Å². The lowest BCUT2D eigenvalue weighted by Crippen LogP contribution is -2.34. The highest BCUT2D eigenvalue weighted by Crippen LogP contribution is 2.29. The first kappa shape index (κ1) is 28.4. The smallest absolute Gasteiger partial charge is 0.337 e. The van der Waals surface area contributed by atoms with Crippen LogP contribution in [0.4, 0.5) is 4.39 Å². The van der Waals surface area contributed by atoms with Crippen LogP contribution in [0.3, 0.4) is 0 Å². The first-order valence-electron chi connectivity index (χ1n) is 13.8. The minimum Gasteiger partial charge on any atom is -0.473 e. The minimum atomic E-state index is -0.481. The van der Waals surface area contributed by atoms with Crippen LogP contribution in [0.15, 0.2) is 60.4 Å². The van der Waals surface area contributed by atoms with Crippen LogP contribution in [-0.2, 0) is 24.4 Å². The topological polar surface area (TPSA) is 119 Å². The Balaban J connectivity index is 1.12. The molecule has 6 rings (SSSR count). The Bertz CT molecular complexity index is 1790. The fourth-order valence-electron chi connectivity index (χ4n) is 5.26. The number of fused-ring (bicyclic) bond motifs is 1. The van der Waals surface area contributed by atoms with E-state index < -0.39 is 5.82 Å². The standard InChI is InChI=1S/C31H28FN7O3S/c1-41-31(40)22-4-5-26-27(13-22)39(16-24-15-34-19-43-24)28(36-26)17-38-10-7-21(8-11-38)30-35-9-6-29(37-30)42-18-23-3-2-20(14-33)12-25(23)32/h2-6,9,12-13,15,19,21H,7-8,10-11,16-18H2,1H3. The summed E-state index contributed by atoms with van der Waals surface area (Å²) in [4.78, 5) is 33.9. The van der Waals surface area contributed by atoms with Gasteiger partial charge in [-0.05, 0) is 56.3 Å². The largest absolute Gasteiger partial charge is 0.473 e. The number of carbonyl (C=O) groups is 1. The van der Waals surface area contributed by atoms with E-state index in [1.807, 2.05) is 29.9 Å². The molecule has 2 aromatic carbocycles. The number of hydrogen-bond donors (Lipinski definition) is 0. The summed E-state index contributed by atoms with van der Waals surface area (Å²) < 4.78 is 27.1. The van der Waals surface area contributed by atoms with Gasteiger partial charge in [0.1, 0.15) is 24.1 Å². The van der Waals surface area contributed by atoms with E-state index in [0.29, 0.717) is 35.9 Å². The molecule has 0 N–H and O–H groups in total. The molecule has 0 spiro atoms. The molecule has 1 fully saturated rings. The summed E-state index contributed by atoms with van der Waals surface area (Å²) in [6.45, 7) is 2.97. The summed E-state index contributed by atoms with van der Waals surface area (Å²) in [5.41, 5.74) is 4.63. The van der Waals surface area contributed by atoms with E-state index in [1.54, 1.807) is 41.8 Å². The summed E-state index contributed by atoms with van der Waals surface area (Å²) in [7, 11) is 1.38. The van der Waals surface area contributed by atoms with Crippen molar-refractivity contribution < 1.29 is 18.7 Å². The number of nitriles is 1. The van der Waals surface area contributed by atoms with Crippen molar-refractivity contribution in [2.45, 2.75) is 38.5 Å². The molecular formula is C31H28FN7O3S. The second kappa shape index (κ2) is 12.6. The zero-order chi connectivity index (χ0) is 29.8. The third kappa shape index (κ3) is 6.38. The zero-order valence-electron chi connectivity index (χ0n) is 23.4. The average molecular weight is 598 g/mol. The third-order valence-electron chi connectivity index (χ3n) is 7.57. The number of esters is 1. The number of methoxy groups -OCH3 is 1. The van der Waals surface area contributed by atoms with Crippen LogP contribution in [0.5, 0.6) is 5.88 Å². The second-order valence-electron chi connectivity index (χ2n) is 10.3. The maximum absolute atomic E-state index is 14.3. The predicted molar refractivity (Wildman–Crippen MR) is 157 cm³/mol. The number of carbonyl (C=O) groups excluding carboxylic acids is 1. The fourth-order valence-corrected chi connectivity index (χ4v) is 5.84. The van der Waals surface area contributed by atoms with Gasteiger partial charge in [0.2, 0.25) is 5.88 Å². The highest BCUT2D eigenvalue weighted by molar-refractivity contribution is 7.09. The Morgan fingerprint density at radius 3 is 2.74 bits per heavy atom. The summed E-state index contributed by atoms with van der Waals surface area (Å²) in [6, 6.07) is 13.4. The number of aromatic nitrogens is 5. The molecule has 0 radical (unpaired) electrons. The maximum Gasteiger partial charge on any atom is 0.337 e. The molecule has 12 heteroatoms. The van der Waals surface area contributed by atoms with E-state index in [2.05, 4.69) is 24.4 Å². The Morgan fingerprint density at radius 2 is 2.00 bits per heavy atom. The molecule has 3 aromatic heterocycles. The van der Waals surface area contributed by atoms with Crippen molar-refractivity contribution in [1.82, 2.24) is 29.4 Å². The molecule has 0 saturated carbocycles. The number of imidazole rings is 1. The van der Waals surface area contributed by atoms with Crippen LogP contribution in [-0.4, -0.2) is 55.6 Å². The van der Waals surface area contributed by atoms with Crippen molar-refractivity contribution in [3.05, 3.63) is 99.4 Å². The molecule has 1 aliphatic heterocycles. The Kier molecular flexibility index (Phi) is 8.35. The molecule has 1 aliphatic rings. The molecule has 218 valence electrons. The number of thiazole rings is 1.